The highest BCUT2D eigenvalue weighted by molar-refractivity contribution is 6.05. The van der Waals surface area contributed by atoms with Crippen LogP contribution in [0.2, 0.25) is 0 Å². The van der Waals surface area contributed by atoms with E-state index in [-0.39, 0.29) is 107 Å². The van der Waals surface area contributed by atoms with Crippen LogP contribution in [-0.4, -0.2) is 40.8 Å². The van der Waals surface area contributed by atoms with Crippen molar-refractivity contribution < 1.29 is 19.2 Å². The molecule has 16 atom stereocenters. The third-order valence-corrected chi connectivity index (χ3v) is 25.5. The number of rotatable bonds is 2. The van der Waals surface area contributed by atoms with Gasteiger partial charge in [-0.3, -0.25) is 19.2 Å². The Kier molecular flexibility index (Phi) is 11.7. The van der Waals surface area contributed by atoms with E-state index in [9.17, 15) is 29.7 Å². The molecular weight excluding hydrogens is 865 g/mol. The van der Waals surface area contributed by atoms with Crippen molar-refractivity contribution in [3.63, 3.8) is 0 Å². The highest BCUT2D eigenvalue weighted by Crippen LogP contribution is 2.77. The summed E-state index contributed by atoms with van der Waals surface area (Å²) >= 11 is 0. The van der Waals surface area contributed by atoms with Crippen molar-refractivity contribution in [2.75, 3.05) is 6.54 Å². The van der Waals surface area contributed by atoms with Crippen LogP contribution < -0.4 is 11.1 Å². The van der Waals surface area contributed by atoms with Crippen LogP contribution in [0.25, 0.3) is 0 Å². The van der Waals surface area contributed by atoms with Gasteiger partial charge in [-0.25, -0.2) is 0 Å². The summed E-state index contributed by atoms with van der Waals surface area (Å²) in [6.45, 7) is 35.1. The summed E-state index contributed by atoms with van der Waals surface area (Å²) in [5, 5.41) is 23.7. The van der Waals surface area contributed by atoms with E-state index in [4.69, 9.17) is 5.73 Å². The molecule has 0 amide bonds. The van der Waals surface area contributed by atoms with Crippen LogP contribution in [0.15, 0.2) is 23.3 Å². The zero-order valence-corrected chi connectivity index (χ0v) is 46.4. The first-order valence-corrected chi connectivity index (χ1v) is 28.1. The fraction of sp³-hybridized carbons (Fsp3) is 0.839. The zero-order chi connectivity index (χ0) is 51.6. The third kappa shape index (κ3) is 6.74. The number of fused-ring (bicyclic) bond motifs is 14. The summed E-state index contributed by atoms with van der Waals surface area (Å²) in [6.07, 6.45) is 20.1. The van der Waals surface area contributed by atoms with Gasteiger partial charge in [0.05, 0.1) is 11.1 Å². The van der Waals surface area contributed by atoms with Crippen molar-refractivity contribution in [1.82, 2.24) is 5.32 Å². The van der Waals surface area contributed by atoms with E-state index in [0.717, 1.165) is 83.6 Å². The highest BCUT2D eigenvalue weighted by Gasteiger charge is 2.74. The number of nitrogens with two attached hydrogens (primary N) is 1. The summed E-state index contributed by atoms with van der Waals surface area (Å²) in [6, 6.07) is 4.45. The van der Waals surface area contributed by atoms with E-state index in [1.165, 1.54) is 12.8 Å². The Bertz CT molecular complexity index is 2430. The molecule has 10 rings (SSSR count). The monoisotopic (exact) mass is 957 g/mol. The Morgan fingerprint density at radius 2 is 0.914 bits per heavy atom. The van der Waals surface area contributed by atoms with E-state index in [0.29, 0.717) is 41.5 Å². The minimum atomic E-state index is -0.580. The van der Waals surface area contributed by atoms with E-state index >= 15 is 0 Å². The maximum absolute atomic E-state index is 14.5. The standard InChI is InChI=1S/C32H48N2O2.C30H44N2O2/c1-9-34-32-14-12-27(2,3)18-21(32)25-22(35)16-24-29(6)17-20(19-33)26(36)28(4,5)23(29)10-11-30(24,7)31(25,8)13-15-32;1-25(2)10-12-30(32)13-11-29(7)23(19(30)16-25)20(33)14-22-27(5)15-18(17-31)24(34)26(3,4)21(27)8-9-28(22,29)6/h17,21,23-25,34H,9-16,18H2,1-8H3;15,19,21-23H,8-14,16,32H2,1-7H3/t21-,23-,24+,25-,29-,30+,31+,32-;19-,21-,22+,23-,27-,28+,29+,30-/m00/s1. The van der Waals surface area contributed by atoms with Crippen molar-refractivity contribution in [2.24, 2.45) is 107 Å². The maximum atomic E-state index is 14.5. The summed E-state index contributed by atoms with van der Waals surface area (Å²) in [7, 11) is 0. The lowest BCUT2D eigenvalue weighted by Gasteiger charge is -2.72. The van der Waals surface area contributed by atoms with Gasteiger partial charge in [-0.15, -0.1) is 0 Å². The highest BCUT2D eigenvalue weighted by atomic mass is 16.1. The lowest BCUT2D eigenvalue weighted by molar-refractivity contribution is -0.215. The average molecular weight is 957 g/mol. The van der Waals surface area contributed by atoms with Gasteiger partial charge in [0.2, 0.25) is 0 Å². The molecule has 0 heterocycles. The Morgan fingerprint density at radius 1 is 0.529 bits per heavy atom. The molecule has 0 saturated heterocycles. The van der Waals surface area contributed by atoms with Crippen LogP contribution in [0.4, 0.5) is 0 Å². The van der Waals surface area contributed by atoms with E-state index in [2.05, 4.69) is 93.6 Å². The predicted octanol–water partition coefficient (Wildman–Crippen LogP) is 12.6. The summed E-state index contributed by atoms with van der Waals surface area (Å²) in [4.78, 5) is 55.1. The minimum Gasteiger partial charge on any atom is -0.325 e. The molecule has 8 saturated carbocycles. The molecule has 8 fully saturated rings. The van der Waals surface area contributed by atoms with Gasteiger partial charge in [0.15, 0.2) is 11.6 Å². The van der Waals surface area contributed by atoms with Crippen LogP contribution in [0.3, 0.4) is 0 Å². The topological polar surface area (TPSA) is 154 Å². The third-order valence-electron chi connectivity index (χ3n) is 25.5. The van der Waals surface area contributed by atoms with Crippen molar-refractivity contribution >= 4 is 23.1 Å². The van der Waals surface area contributed by atoms with Gasteiger partial charge in [-0.2, -0.15) is 10.5 Å². The molecule has 384 valence electrons. The van der Waals surface area contributed by atoms with Crippen molar-refractivity contribution in [2.45, 2.75) is 218 Å². The second-order valence-corrected chi connectivity index (χ2v) is 30.3. The molecule has 8 nitrogen and oxygen atoms in total. The quantitative estimate of drug-likeness (QED) is 0.277. The van der Waals surface area contributed by atoms with Crippen LogP contribution in [0.5, 0.6) is 0 Å². The summed E-state index contributed by atoms with van der Waals surface area (Å²) < 4.78 is 0. The number of carbonyl (C=O) groups excluding carboxylic acids is 4. The number of nitrogens with one attached hydrogen (secondary N) is 1. The fourth-order valence-electron chi connectivity index (χ4n) is 21.3. The minimum absolute atomic E-state index is 0.00429. The van der Waals surface area contributed by atoms with Crippen molar-refractivity contribution in [3.05, 3.63) is 23.3 Å². The van der Waals surface area contributed by atoms with Gasteiger partial charge in [-0.05, 0) is 175 Å². The van der Waals surface area contributed by atoms with Gasteiger partial charge in [0, 0.05) is 46.6 Å². The molecule has 10 aliphatic carbocycles. The van der Waals surface area contributed by atoms with Gasteiger partial charge in [-0.1, -0.05) is 116 Å². The van der Waals surface area contributed by atoms with E-state index in [1.807, 2.05) is 39.8 Å². The summed E-state index contributed by atoms with van der Waals surface area (Å²) in [5.41, 5.74) is 6.09. The first-order valence-electron chi connectivity index (χ1n) is 28.1. The molecule has 0 aliphatic heterocycles. The number of hydrogen-bond donors (Lipinski definition) is 2. The van der Waals surface area contributed by atoms with Crippen LogP contribution >= 0.6 is 0 Å². The maximum Gasteiger partial charge on any atom is 0.178 e. The smallest absolute Gasteiger partial charge is 0.178 e. The first-order chi connectivity index (χ1) is 32.2. The zero-order valence-electron chi connectivity index (χ0n) is 46.4. The molecule has 10 aliphatic rings. The molecule has 0 bridgehead atoms. The van der Waals surface area contributed by atoms with E-state index < -0.39 is 10.8 Å². The number of carbonyl (C=O) groups is 4. The molecule has 70 heavy (non-hydrogen) atoms. The molecule has 0 aromatic rings. The molecule has 0 unspecified atom stereocenters. The Hall–Kier alpha value is -2.94. The normalized spacial score (nSPS) is 50.1. The lowest BCUT2D eigenvalue weighted by atomic mass is 9.32. The molecule has 0 radical (unpaired) electrons. The van der Waals surface area contributed by atoms with Gasteiger partial charge in [0.1, 0.15) is 23.7 Å². The second-order valence-electron chi connectivity index (χ2n) is 30.3. The molecular formula is C62H92N4O4. The average Bonchev–Trinajstić information content (AvgIpc) is 3.26. The van der Waals surface area contributed by atoms with Crippen molar-refractivity contribution in [1.29, 1.82) is 10.5 Å². The van der Waals surface area contributed by atoms with Crippen LogP contribution in [0, 0.1) is 124 Å². The van der Waals surface area contributed by atoms with Gasteiger partial charge in [0.25, 0.3) is 0 Å². The number of nitrogens with zero attached hydrogens (tertiary/aromatic N) is 2. The van der Waals surface area contributed by atoms with Gasteiger partial charge >= 0.3 is 0 Å². The van der Waals surface area contributed by atoms with Crippen molar-refractivity contribution in [3.8, 4) is 12.1 Å². The number of ketones is 4. The predicted molar refractivity (Wildman–Crippen MR) is 276 cm³/mol. The Morgan fingerprint density at radius 3 is 1.36 bits per heavy atom. The first kappa shape index (κ1) is 51.9. The molecule has 0 aromatic carbocycles. The number of nitriles is 2. The van der Waals surface area contributed by atoms with E-state index in [1.54, 1.807) is 0 Å². The fourth-order valence-corrected chi connectivity index (χ4v) is 21.3. The SMILES string of the molecule is CC1(C)CC[C@]2(N)CC[C@]3(C)[C@H](C(=O)C[C@@H]4[C@@]5(C)C=C(C#N)C(=O)C(C)(C)[C@@H]5CC[C@]43C)[C@@H]2C1.CCN[C@]12CCC(C)(C)C[C@H]1[C@H]1C(=O)C[C@@H]3[C@@]4(C)C=C(C#N)C(=O)C(C)(C)[C@@H]4CC[C@@]3(C)[C@]1(C)CC2. The second kappa shape index (κ2) is 15.8. The Labute approximate surface area is 423 Å². The largest absolute Gasteiger partial charge is 0.325 e. The summed E-state index contributed by atoms with van der Waals surface area (Å²) in [5.74, 6) is 2.17. The molecule has 3 N–H and O–H groups in total. The Balaban J connectivity index is 0.000000174. The van der Waals surface area contributed by atoms with Gasteiger partial charge < -0.3 is 11.1 Å². The van der Waals surface area contributed by atoms with Crippen LogP contribution in [-0.2, 0) is 19.2 Å². The molecule has 0 spiro atoms. The lowest BCUT2D eigenvalue weighted by Crippen LogP contribution is -2.71. The number of hydrogen-bond acceptors (Lipinski definition) is 8. The molecule has 0 aromatic heterocycles. The number of allylic oxidation sites excluding steroid dienone is 4. The molecule has 8 heteroatoms. The number of Topliss-reactive ketones (excluding diaryl/α,β-unsaturated/α-hetero) is 4. The van der Waals surface area contributed by atoms with Crippen LogP contribution in [0.1, 0.15) is 207 Å².